The van der Waals surface area contributed by atoms with Gasteiger partial charge < -0.3 is 0 Å². The average Bonchev–Trinajstić information content (AvgIpc) is 3.06. The molecule has 1 aliphatic heterocycles. The van der Waals surface area contributed by atoms with Gasteiger partial charge in [0.1, 0.15) is 15.2 Å². The van der Waals surface area contributed by atoms with Gasteiger partial charge in [-0.05, 0) is 37.0 Å². The molecule has 0 saturated carbocycles. The number of rotatable bonds is 4. The van der Waals surface area contributed by atoms with E-state index >= 15 is 0 Å². The molecule has 3 rings (SSSR count). The van der Waals surface area contributed by atoms with E-state index in [2.05, 4.69) is 0 Å². The minimum atomic E-state index is -3.52. The van der Waals surface area contributed by atoms with Gasteiger partial charge in [-0.3, -0.25) is 0 Å². The molecule has 1 aliphatic rings. The molecule has 1 fully saturated rings. The van der Waals surface area contributed by atoms with Crippen molar-refractivity contribution in [3.63, 3.8) is 0 Å². The molecule has 2 heterocycles. The maximum Gasteiger partial charge on any atom is 0.252 e. The molecule has 2 aromatic rings. The zero-order valence-electron chi connectivity index (χ0n) is 12.7. The summed E-state index contributed by atoms with van der Waals surface area (Å²) < 4.78 is 27.8. The number of sulfonamides is 1. The van der Waals surface area contributed by atoms with E-state index < -0.39 is 10.0 Å². The molecule has 1 unspecified atom stereocenters. The summed E-state index contributed by atoms with van der Waals surface area (Å²) in [6.45, 7) is 0.555. The third-order valence-electron chi connectivity index (χ3n) is 4.14. The molecule has 4 nitrogen and oxygen atoms in total. The molecule has 0 spiro atoms. The first-order chi connectivity index (χ1) is 11.1. The molecular formula is C17H18N2O2S2. The maximum atomic E-state index is 12.9. The van der Waals surface area contributed by atoms with Crippen LogP contribution < -0.4 is 0 Å². The molecule has 0 aliphatic carbocycles. The van der Waals surface area contributed by atoms with Gasteiger partial charge in [-0.1, -0.05) is 36.8 Å². The second kappa shape index (κ2) is 6.83. The number of hydrogen-bond donors (Lipinski definition) is 0. The van der Waals surface area contributed by atoms with Crippen LogP contribution in [0.15, 0.2) is 46.7 Å². The molecular weight excluding hydrogens is 328 g/mol. The highest BCUT2D eigenvalue weighted by Gasteiger charge is 2.34. The summed E-state index contributed by atoms with van der Waals surface area (Å²) in [4.78, 5) is 0.431. The van der Waals surface area contributed by atoms with E-state index in [9.17, 15) is 8.42 Å². The Morgan fingerprint density at radius 3 is 2.65 bits per heavy atom. The van der Waals surface area contributed by atoms with Crippen LogP contribution in [0.5, 0.6) is 0 Å². The molecule has 1 aromatic carbocycles. The van der Waals surface area contributed by atoms with Gasteiger partial charge in [-0.25, -0.2) is 8.42 Å². The van der Waals surface area contributed by atoms with Gasteiger partial charge in [-0.2, -0.15) is 9.57 Å². The number of nitrogens with zero attached hydrogens (tertiary/aromatic N) is 2. The van der Waals surface area contributed by atoms with Gasteiger partial charge in [0.25, 0.3) is 10.0 Å². The minimum absolute atomic E-state index is 0.0104. The van der Waals surface area contributed by atoms with E-state index in [1.165, 1.54) is 0 Å². The zero-order chi connectivity index (χ0) is 16.3. The molecule has 0 radical (unpaired) electrons. The Hall–Kier alpha value is -1.68. The van der Waals surface area contributed by atoms with Crippen LogP contribution in [0.4, 0.5) is 0 Å². The van der Waals surface area contributed by atoms with Gasteiger partial charge in [0.2, 0.25) is 0 Å². The summed E-state index contributed by atoms with van der Waals surface area (Å²) in [5.41, 5.74) is 1.16. The van der Waals surface area contributed by atoms with Crippen LogP contribution in [0.25, 0.3) is 0 Å². The first-order valence-electron chi connectivity index (χ1n) is 7.67. The summed E-state index contributed by atoms with van der Waals surface area (Å²) in [6.07, 6.45) is 3.56. The van der Waals surface area contributed by atoms with Crippen molar-refractivity contribution in [2.45, 2.75) is 35.9 Å². The fourth-order valence-corrected chi connectivity index (χ4v) is 5.94. The quantitative estimate of drug-likeness (QED) is 0.852. The Morgan fingerprint density at radius 2 is 1.96 bits per heavy atom. The molecule has 1 aromatic heterocycles. The summed E-state index contributed by atoms with van der Waals surface area (Å²) in [5, 5.41) is 8.93. The van der Waals surface area contributed by atoms with Crippen molar-refractivity contribution < 1.29 is 8.42 Å². The van der Waals surface area contributed by atoms with Gasteiger partial charge in [0, 0.05) is 12.6 Å². The van der Waals surface area contributed by atoms with Crippen LogP contribution >= 0.6 is 11.3 Å². The third-order valence-corrected chi connectivity index (χ3v) is 7.55. The minimum Gasteiger partial charge on any atom is -0.206 e. The lowest BCUT2D eigenvalue weighted by Crippen LogP contribution is -2.44. The maximum absolute atomic E-state index is 12.9. The molecule has 6 heteroatoms. The summed E-state index contributed by atoms with van der Waals surface area (Å²) in [5.74, 6) is 0. The molecule has 1 atom stereocenters. The Kier molecular flexibility index (Phi) is 4.81. The largest absolute Gasteiger partial charge is 0.252 e. The average molecular weight is 346 g/mol. The Bertz CT molecular complexity index is 807. The van der Waals surface area contributed by atoms with E-state index in [1.54, 1.807) is 16.4 Å². The van der Waals surface area contributed by atoms with Gasteiger partial charge in [0.05, 0.1) is 0 Å². The molecule has 0 N–H and O–H groups in total. The van der Waals surface area contributed by atoms with Crippen LogP contribution in [-0.2, 0) is 16.4 Å². The fourth-order valence-electron chi connectivity index (χ4n) is 3.02. The smallest absolute Gasteiger partial charge is 0.206 e. The van der Waals surface area contributed by atoms with E-state index in [-0.39, 0.29) is 10.3 Å². The first kappa shape index (κ1) is 16.2. The van der Waals surface area contributed by atoms with Crippen LogP contribution in [0, 0.1) is 11.3 Å². The molecule has 120 valence electrons. The molecule has 0 amide bonds. The SMILES string of the molecule is N#Cc1ccc(S(=O)(=O)N2CCCCC2Cc2ccccc2)s1. The van der Waals surface area contributed by atoms with Crippen LogP contribution in [0.2, 0.25) is 0 Å². The number of benzene rings is 1. The third kappa shape index (κ3) is 3.47. The first-order valence-corrected chi connectivity index (χ1v) is 9.92. The lowest BCUT2D eigenvalue weighted by atomic mass is 9.98. The van der Waals surface area contributed by atoms with E-state index in [0.717, 1.165) is 42.6 Å². The van der Waals surface area contributed by atoms with Crippen molar-refractivity contribution >= 4 is 21.4 Å². The van der Waals surface area contributed by atoms with Crippen molar-refractivity contribution in [1.82, 2.24) is 4.31 Å². The predicted octanol–water partition coefficient (Wildman–Crippen LogP) is 3.41. The monoisotopic (exact) mass is 346 g/mol. The zero-order valence-corrected chi connectivity index (χ0v) is 14.3. The van der Waals surface area contributed by atoms with Gasteiger partial charge in [-0.15, -0.1) is 11.3 Å². The van der Waals surface area contributed by atoms with E-state index in [4.69, 9.17) is 5.26 Å². The highest BCUT2D eigenvalue weighted by Crippen LogP contribution is 2.30. The predicted molar refractivity (Wildman–Crippen MR) is 90.7 cm³/mol. The number of thiophene rings is 1. The molecule has 1 saturated heterocycles. The normalized spacial score (nSPS) is 19.3. The molecule has 23 heavy (non-hydrogen) atoms. The topological polar surface area (TPSA) is 61.2 Å². The number of nitriles is 1. The summed E-state index contributed by atoms with van der Waals surface area (Å²) >= 11 is 1.05. The summed E-state index contributed by atoms with van der Waals surface area (Å²) in [6, 6.07) is 15.1. The Morgan fingerprint density at radius 1 is 1.17 bits per heavy atom. The summed E-state index contributed by atoms with van der Waals surface area (Å²) in [7, 11) is -3.52. The van der Waals surface area contributed by atoms with Crippen molar-refractivity contribution in [2.75, 3.05) is 6.54 Å². The lowest BCUT2D eigenvalue weighted by molar-refractivity contribution is 0.251. The lowest BCUT2D eigenvalue weighted by Gasteiger charge is -2.34. The number of hydrogen-bond acceptors (Lipinski definition) is 4. The van der Waals surface area contributed by atoms with E-state index in [1.807, 2.05) is 36.4 Å². The number of piperidine rings is 1. The Labute approximate surface area is 141 Å². The van der Waals surface area contributed by atoms with Crippen molar-refractivity contribution in [3.05, 3.63) is 52.9 Å². The van der Waals surface area contributed by atoms with Crippen molar-refractivity contribution in [1.29, 1.82) is 5.26 Å². The Balaban J connectivity index is 1.87. The van der Waals surface area contributed by atoms with Gasteiger partial charge in [0.15, 0.2) is 0 Å². The second-order valence-electron chi connectivity index (χ2n) is 5.69. The standard InChI is InChI=1S/C17H18N2O2S2/c18-13-16-9-10-17(22-16)23(20,21)19-11-5-4-8-15(19)12-14-6-2-1-3-7-14/h1-3,6-7,9-10,15H,4-5,8,11-12H2. The molecule has 0 bridgehead atoms. The van der Waals surface area contributed by atoms with Crippen LogP contribution in [0.3, 0.4) is 0 Å². The van der Waals surface area contributed by atoms with Crippen molar-refractivity contribution in [2.24, 2.45) is 0 Å². The van der Waals surface area contributed by atoms with Crippen LogP contribution in [-0.4, -0.2) is 25.3 Å². The van der Waals surface area contributed by atoms with Crippen LogP contribution in [0.1, 0.15) is 29.7 Å². The highest BCUT2D eigenvalue weighted by molar-refractivity contribution is 7.91. The van der Waals surface area contributed by atoms with E-state index in [0.29, 0.717) is 11.4 Å². The van der Waals surface area contributed by atoms with Gasteiger partial charge >= 0.3 is 0 Å². The fraction of sp³-hybridized carbons (Fsp3) is 0.353. The van der Waals surface area contributed by atoms with Crippen molar-refractivity contribution in [3.8, 4) is 6.07 Å². The second-order valence-corrected chi connectivity index (χ2v) is 8.89. The highest BCUT2D eigenvalue weighted by atomic mass is 32.2.